The van der Waals surface area contributed by atoms with Gasteiger partial charge in [0.1, 0.15) is 6.04 Å². The lowest BCUT2D eigenvalue weighted by Gasteiger charge is -2.15. The molecule has 0 spiro atoms. The highest BCUT2D eigenvalue weighted by molar-refractivity contribution is 5.79. The first-order valence-corrected chi connectivity index (χ1v) is 5.96. The van der Waals surface area contributed by atoms with Crippen molar-refractivity contribution in [2.45, 2.75) is 6.04 Å². The highest BCUT2D eigenvalue weighted by Crippen LogP contribution is 2.21. The van der Waals surface area contributed by atoms with Crippen molar-refractivity contribution in [3.8, 4) is 0 Å². The van der Waals surface area contributed by atoms with E-state index in [1.54, 1.807) is 24.7 Å². The van der Waals surface area contributed by atoms with Crippen LogP contribution in [0, 0.1) is 0 Å². The molecular formula is C14H13N5. The zero-order chi connectivity index (χ0) is 13.1. The van der Waals surface area contributed by atoms with Crippen molar-refractivity contribution in [2.24, 2.45) is 5.84 Å². The van der Waals surface area contributed by atoms with E-state index in [1.807, 2.05) is 30.3 Å². The van der Waals surface area contributed by atoms with Gasteiger partial charge in [-0.25, -0.2) is 15.4 Å². The summed E-state index contributed by atoms with van der Waals surface area (Å²) in [6, 6.07) is 11.5. The van der Waals surface area contributed by atoms with Crippen LogP contribution in [0.15, 0.2) is 55.0 Å². The second kappa shape index (κ2) is 5.09. The quantitative estimate of drug-likeness (QED) is 0.546. The van der Waals surface area contributed by atoms with Crippen molar-refractivity contribution in [1.29, 1.82) is 0 Å². The first kappa shape index (κ1) is 11.7. The van der Waals surface area contributed by atoms with Crippen molar-refractivity contribution in [3.63, 3.8) is 0 Å². The number of hydrogen-bond acceptors (Lipinski definition) is 5. The van der Waals surface area contributed by atoms with Crippen molar-refractivity contribution in [2.75, 3.05) is 0 Å². The van der Waals surface area contributed by atoms with Crippen LogP contribution in [-0.4, -0.2) is 15.0 Å². The molecule has 0 fully saturated rings. The van der Waals surface area contributed by atoms with Crippen LogP contribution in [-0.2, 0) is 0 Å². The molecule has 0 radical (unpaired) electrons. The molecule has 1 unspecified atom stereocenters. The maximum Gasteiger partial charge on any atom is 0.150 e. The molecule has 1 atom stereocenters. The van der Waals surface area contributed by atoms with E-state index in [4.69, 9.17) is 5.84 Å². The minimum atomic E-state index is -0.231. The van der Waals surface area contributed by atoms with Gasteiger partial charge in [0.05, 0.1) is 5.52 Å². The van der Waals surface area contributed by atoms with E-state index in [1.165, 1.54) is 0 Å². The molecule has 0 aliphatic rings. The Bertz CT molecular complexity index is 683. The van der Waals surface area contributed by atoms with Gasteiger partial charge in [0.25, 0.3) is 0 Å². The molecule has 19 heavy (non-hydrogen) atoms. The van der Waals surface area contributed by atoms with Crippen molar-refractivity contribution in [3.05, 3.63) is 66.4 Å². The maximum absolute atomic E-state index is 5.64. The summed E-state index contributed by atoms with van der Waals surface area (Å²) in [5.74, 6) is 6.28. The van der Waals surface area contributed by atoms with Gasteiger partial charge < -0.3 is 0 Å². The highest BCUT2D eigenvalue weighted by Gasteiger charge is 2.15. The molecule has 0 aliphatic heterocycles. The van der Waals surface area contributed by atoms with E-state index in [2.05, 4.69) is 20.4 Å². The van der Waals surface area contributed by atoms with Crippen LogP contribution in [0.1, 0.15) is 17.4 Å². The molecule has 0 saturated carbocycles. The Balaban J connectivity index is 2.06. The molecule has 3 rings (SSSR count). The number of nitrogens with one attached hydrogen (secondary N) is 1. The van der Waals surface area contributed by atoms with Gasteiger partial charge in [0.15, 0.2) is 5.82 Å². The van der Waals surface area contributed by atoms with Crippen molar-refractivity contribution >= 4 is 10.9 Å². The number of hydrogen-bond donors (Lipinski definition) is 2. The van der Waals surface area contributed by atoms with E-state index in [-0.39, 0.29) is 6.04 Å². The van der Waals surface area contributed by atoms with Gasteiger partial charge in [-0.3, -0.25) is 10.8 Å². The molecular weight excluding hydrogens is 238 g/mol. The third-order valence-electron chi connectivity index (χ3n) is 2.97. The highest BCUT2D eigenvalue weighted by atomic mass is 15.2. The molecule has 2 heterocycles. The Hall–Kier alpha value is -2.37. The first-order chi connectivity index (χ1) is 9.38. The number of nitrogens with zero attached hydrogens (tertiary/aromatic N) is 3. The number of pyridine rings is 1. The molecule has 1 aromatic carbocycles. The van der Waals surface area contributed by atoms with Crippen LogP contribution in [0.4, 0.5) is 0 Å². The summed E-state index contributed by atoms with van der Waals surface area (Å²) in [6.45, 7) is 0. The van der Waals surface area contributed by atoms with E-state index in [0.717, 1.165) is 16.5 Å². The third-order valence-corrected chi connectivity index (χ3v) is 2.97. The molecule has 5 heteroatoms. The molecule has 94 valence electrons. The van der Waals surface area contributed by atoms with Gasteiger partial charge in [-0.2, -0.15) is 0 Å². The van der Waals surface area contributed by atoms with Gasteiger partial charge in [-0.1, -0.05) is 12.1 Å². The Morgan fingerprint density at radius 1 is 0.947 bits per heavy atom. The lowest BCUT2D eigenvalue weighted by molar-refractivity contribution is 0.602. The Kier molecular flexibility index (Phi) is 3.14. The smallest absolute Gasteiger partial charge is 0.150 e. The first-order valence-electron chi connectivity index (χ1n) is 5.96. The summed E-state index contributed by atoms with van der Waals surface area (Å²) < 4.78 is 0. The second-order valence-electron chi connectivity index (χ2n) is 4.16. The molecule has 0 saturated heterocycles. The van der Waals surface area contributed by atoms with Crippen molar-refractivity contribution < 1.29 is 0 Å². The predicted octanol–water partition coefficient (Wildman–Crippen LogP) is 1.58. The van der Waals surface area contributed by atoms with Crippen LogP contribution in [0.2, 0.25) is 0 Å². The molecule has 0 aliphatic carbocycles. The van der Waals surface area contributed by atoms with E-state index in [0.29, 0.717) is 5.82 Å². The zero-order valence-corrected chi connectivity index (χ0v) is 10.2. The molecule has 0 amide bonds. The summed E-state index contributed by atoms with van der Waals surface area (Å²) in [7, 11) is 0. The number of benzene rings is 1. The van der Waals surface area contributed by atoms with Gasteiger partial charge in [-0.05, 0) is 29.8 Å². The summed E-state index contributed by atoms with van der Waals surface area (Å²) in [5.41, 5.74) is 4.72. The maximum atomic E-state index is 5.64. The van der Waals surface area contributed by atoms with Crippen molar-refractivity contribution in [1.82, 2.24) is 20.4 Å². The largest absolute Gasteiger partial charge is 0.270 e. The average Bonchev–Trinajstić information content (AvgIpc) is 2.49. The number of rotatable bonds is 3. The molecule has 2 aromatic heterocycles. The van der Waals surface area contributed by atoms with Crippen LogP contribution in [0.3, 0.4) is 0 Å². The van der Waals surface area contributed by atoms with Gasteiger partial charge in [-0.15, -0.1) is 0 Å². The third kappa shape index (κ3) is 2.29. The standard InChI is InChI=1S/C14H13N5/c15-19-13(14-17-7-2-8-18-14)11-4-5-12-10(9-11)3-1-6-16-12/h1-9,13,19H,15H2. The van der Waals surface area contributed by atoms with Crippen LogP contribution in [0.5, 0.6) is 0 Å². The normalized spacial score (nSPS) is 12.5. The average molecular weight is 251 g/mol. The van der Waals surface area contributed by atoms with E-state index in [9.17, 15) is 0 Å². The monoisotopic (exact) mass is 251 g/mol. The molecule has 3 aromatic rings. The van der Waals surface area contributed by atoms with Crippen LogP contribution in [0.25, 0.3) is 10.9 Å². The number of hydrazine groups is 1. The Labute approximate surface area is 110 Å². The molecule has 3 N–H and O–H groups in total. The summed E-state index contributed by atoms with van der Waals surface area (Å²) in [4.78, 5) is 12.8. The fraction of sp³-hybridized carbons (Fsp3) is 0.0714. The zero-order valence-electron chi connectivity index (χ0n) is 10.2. The molecule has 5 nitrogen and oxygen atoms in total. The summed E-state index contributed by atoms with van der Waals surface area (Å²) in [5, 5.41) is 1.07. The minimum absolute atomic E-state index is 0.231. The molecule has 0 bridgehead atoms. The lowest BCUT2D eigenvalue weighted by Crippen LogP contribution is -2.30. The summed E-state index contributed by atoms with van der Waals surface area (Å²) >= 11 is 0. The minimum Gasteiger partial charge on any atom is -0.270 e. The lowest BCUT2D eigenvalue weighted by atomic mass is 10.0. The summed E-state index contributed by atoms with van der Waals surface area (Å²) in [6.07, 6.45) is 5.19. The van der Waals surface area contributed by atoms with Gasteiger partial charge >= 0.3 is 0 Å². The number of aromatic nitrogens is 3. The van der Waals surface area contributed by atoms with Crippen LogP contribution < -0.4 is 11.3 Å². The number of nitrogens with two attached hydrogens (primary N) is 1. The topological polar surface area (TPSA) is 76.7 Å². The Morgan fingerprint density at radius 2 is 1.74 bits per heavy atom. The van der Waals surface area contributed by atoms with Gasteiger partial charge in [0.2, 0.25) is 0 Å². The van der Waals surface area contributed by atoms with E-state index >= 15 is 0 Å². The fourth-order valence-electron chi connectivity index (χ4n) is 2.05. The second-order valence-corrected chi connectivity index (χ2v) is 4.16. The Morgan fingerprint density at radius 3 is 2.53 bits per heavy atom. The predicted molar refractivity (Wildman–Crippen MR) is 72.9 cm³/mol. The fourth-order valence-corrected chi connectivity index (χ4v) is 2.05. The van der Waals surface area contributed by atoms with Gasteiger partial charge in [0, 0.05) is 24.0 Å². The van der Waals surface area contributed by atoms with Crippen LogP contribution >= 0.6 is 0 Å². The SMILES string of the molecule is NNC(c1ccc2ncccc2c1)c1ncccn1. The number of fused-ring (bicyclic) bond motifs is 1. The van der Waals surface area contributed by atoms with E-state index < -0.39 is 0 Å².